The summed E-state index contributed by atoms with van der Waals surface area (Å²) in [6, 6.07) is 14.5. The number of piperazine rings is 1. The summed E-state index contributed by atoms with van der Waals surface area (Å²) in [5.41, 5.74) is 3.33. The normalized spacial score (nSPS) is 18.3. The smallest absolute Gasteiger partial charge is 0.119 e. The zero-order chi connectivity index (χ0) is 19.8. The van der Waals surface area contributed by atoms with Crippen LogP contribution in [0.3, 0.4) is 0 Å². The van der Waals surface area contributed by atoms with Crippen molar-refractivity contribution in [1.29, 1.82) is 0 Å². The molecule has 2 aromatic rings. The van der Waals surface area contributed by atoms with E-state index < -0.39 is 0 Å². The number of nitrogens with zero attached hydrogens (tertiary/aromatic N) is 3. The Balaban J connectivity index is 1.60. The second kappa shape index (κ2) is 10.5. The average Bonchev–Trinajstić information content (AvgIpc) is 2.69. The van der Waals surface area contributed by atoms with Gasteiger partial charge in [-0.05, 0) is 43.2 Å². The number of rotatable bonds is 9. The van der Waals surface area contributed by atoms with Crippen LogP contribution in [0.1, 0.15) is 23.4 Å². The monoisotopic (exact) mass is 385 g/mol. The van der Waals surface area contributed by atoms with Gasteiger partial charge in [0.05, 0.1) is 12.3 Å². The van der Waals surface area contributed by atoms with Crippen LogP contribution in [0.5, 0.6) is 5.75 Å². The third-order valence-electron chi connectivity index (χ3n) is 5.13. The molecule has 0 bridgehead atoms. The summed E-state index contributed by atoms with van der Waals surface area (Å²) in [6.45, 7) is 7.09. The number of aryl methyl sites for hydroxylation is 1. The Hall–Kier alpha value is -1.99. The van der Waals surface area contributed by atoms with Crippen molar-refractivity contribution in [2.75, 3.05) is 39.5 Å². The largest absolute Gasteiger partial charge is 0.491 e. The van der Waals surface area contributed by atoms with E-state index in [0.717, 1.165) is 56.3 Å². The van der Waals surface area contributed by atoms with Gasteiger partial charge in [0.15, 0.2) is 0 Å². The van der Waals surface area contributed by atoms with Gasteiger partial charge < -0.3 is 14.9 Å². The lowest BCUT2D eigenvalue weighted by atomic mass is 10.1. The maximum atomic E-state index is 9.54. The van der Waals surface area contributed by atoms with Crippen LogP contribution in [0.4, 0.5) is 0 Å². The minimum atomic E-state index is 0.0187. The SMILES string of the molecule is Cc1cccc(CN2CCN(Cc3cccc(OCCO)c3)C[C@@H]2CCO)n1. The molecule has 0 amide bonds. The van der Waals surface area contributed by atoms with Crippen molar-refractivity contribution >= 4 is 0 Å². The molecule has 28 heavy (non-hydrogen) atoms. The summed E-state index contributed by atoms with van der Waals surface area (Å²) in [6.07, 6.45) is 0.766. The Bertz CT molecular complexity index is 740. The second-order valence-corrected chi connectivity index (χ2v) is 7.36. The summed E-state index contributed by atoms with van der Waals surface area (Å²) in [5.74, 6) is 0.794. The molecular weight excluding hydrogens is 354 g/mol. The third kappa shape index (κ3) is 6.01. The van der Waals surface area contributed by atoms with Gasteiger partial charge in [-0.1, -0.05) is 18.2 Å². The molecule has 0 radical (unpaired) electrons. The highest BCUT2D eigenvalue weighted by atomic mass is 16.5. The van der Waals surface area contributed by atoms with E-state index >= 15 is 0 Å². The zero-order valence-corrected chi connectivity index (χ0v) is 16.6. The van der Waals surface area contributed by atoms with Crippen LogP contribution in [-0.4, -0.2) is 70.5 Å². The minimum absolute atomic E-state index is 0.0187. The van der Waals surface area contributed by atoms with E-state index in [4.69, 9.17) is 9.84 Å². The molecule has 1 aliphatic heterocycles. The second-order valence-electron chi connectivity index (χ2n) is 7.36. The van der Waals surface area contributed by atoms with Crippen LogP contribution in [0.2, 0.25) is 0 Å². The molecule has 1 aliphatic rings. The molecular formula is C22H31N3O3. The fourth-order valence-corrected chi connectivity index (χ4v) is 3.78. The van der Waals surface area contributed by atoms with Gasteiger partial charge in [0.1, 0.15) is 12.4 Å². The first-order chi connectivity index (χ1) is 13.7. The average molecular weight is 386 g/mol. The van der Waals surface area contributed by atoms with Crippen molar-refractivity contribution in [1.82, 2.24) is 14.8 Å². The molecule has 2 heterocycles. The Kier molecular flexibility index (Phi) is 7.80. The molecule has 2 N–H and O–H groups in total. The molecule has 1 aromatic carbocycles. The van der Waals surface area contributed by atoms with Crippen LogP contribution in [0, 0.1) is 6.92 Å². The van der Waals surface area contributed by atoms with Gasteiger partial charge >= 0.3 is 0 Å². The highest BCUT2D eigenvalue weighted by Gasteiger charge is 2.27. The van der Waals surface area contributed by atoms with Gasteiger partial charge in [0.2, 0.25) is 0 Å². The number of pyridine rings is 1. The Morgan fingerprint density at radius 2 is 1.93 bits per heavy atom. The number of hydrogen-bond donors (Lipinski definition) is 2. The van der Waals surface area contributed by atoms with Gasteiger partial charge in [-0.2, -0.15) is 0 Å². The fourth-order valence-electron chi connectivity index (χ4n) is 3.78. The van der Waals surface area contributed by atoms with Crippen LogP contribution in [0.15, 0.2) is 42.5 Å². The summed E-state index contributed by atoms with van der Waals surface area (Å²) in [4.78, 5) is 9.51. The molecule has 0 spiro atoms. The lowest BCUT2D eigenvalue weighted by molar-refractivity contribution is 0.0491. The molecule has 6 nitrogen and oxygen atoms in total. The molecule has 0 aliphatic carbocycles. The van der Waals surface area contributed by atoms with Gasteiger partial charge in [0, 0.05) is 51.1 Å². The first kappa shape index (κ1) is 20.7. The van der Waals surface area contributed by atoms with Crippen molar-refractivity contribution < 1.29 is 14.9 Å². The quantitative estimate of drug-likeness (QED) is 0.686. The lowest BCUT2D eigenvalue weighted by Crippen LogP contribution is -2.52. The summed E-state index contributed by atoms with van der Waals surface area (Å²) >= 11 is 0. The maximum absolute atomic E-state index is 9.54. The van der Waals surface area contributed by atoms with Crippen LogP contribution in [-0.2, 0) is 13.1 Å². The topological polar surface area (TPSA) is 69.1 Å². The maximum Gasteiger partial charge on any atom is 0.119 e. The highest BCUT2D eigenvalue weighted by Crippen LogP contribution is 2.20. The third-order valence-corrected chi connectivity index (χ3v) is 5.13. The van der Waals surface area contributed by atoms with Crippen molar-refractivity contribution in [2.45, 2.75) is 32.5 Å². The van der Waals surface area contributed by atoms with Gasteiger partial charge in [-0.15, -0.1) is 0 Å². The van der Waals surface area contributed by atoms with E-state index in [1.807, 2.05) is 31.2 Å². The summed E-state index contributed by atoms with van der Waals surface area (Å²) in [5, 5.41) is 18.5. The zero-order valence-electron chi connectivity index (χ0n) is 16.6. The number of benzene rings is 1. The predicted octanol–water partition coefficient (Wildman–Crippen LogP) is 1.83. The fraction of sp³-hybridized carbons (Fsp3) is 0.500. The first-order valence-corrected chi connectivity index (χ1v) is 10.0. The number of aliphatic hydroxyl groups excluding tert-OH is 2. The molecule has 1 aromatic heterocycles. The molecule has 152 valence electrons. The van der Waals surface area contributed by atoms with E-state index in [2.05, 4.69) is 33.0 Å². The number of ether oxygens (including phenoxy) is 1. The standard InChI is InChI=1S/C22H31N3O3/c1-18-4-2-6-20(23-18)16-25-10-9-24(17-21(25)8-11-26)15-19-5-3-7-22(14-19)28-13-12-27/h2-7,14,21,26-27H,8-13,15-17H2,1H3/t21-/m0/s1. The molecule has 0 unspecified atom stereocenters. The van der Waals surface area contributed by atoms with E-state index in [1.165, 1.54) is 5.56 Å². The number of hydrogen-bond acceptors (Lipinski definition) is 6. The Morgan fingerprint density at radius 1 is 1.07 bits per heavy atom. The van der Waals surface area contributed by atoms with E-state index in [1.54, 1.807) is 0 Å². The van der Waals surface area contributed by atoms with Crippen LogP contribution in [0.25, 0.3) is 0 Å². The van der Waals surface area contributed by atoms with E-state index in [9.17, 15) is 5.11 Å². The molecule has 6 heteroatoms. The predicted molar refractivity (Wildman–Crippen MR) is 109 cm³/mol. The summed E-state index contributed by atoms with van der Waals surface area (Å²) < 4.78 is 5.52. The number of aromatic nitrogens is 1. The van der Waals surface area contributed by atoms with Gasteiger partial charge in [0.25, 0.3) is 0 Å². The van der Waals surface area contributed by atoms with Crippen molar-refractivity contribution in [3.8, 4) is 5.75 Å². The van der Waals surface area contributed by atoms with Crippen molar-refractivity contribution in [3.05, 3.63) is 59.4 Å². The Labute approximate surface area is 167 Å². The lowest BCUT2D eigenvalue weighted by Gasteiger charge is -2.41. The molecule has 1 saturated heterocycles. The summed E-state index contributed by atoms with van der Waals surface area (Å²) in [7, 11) is 0. The van der Waals surface area contributed by atoms with E-state index in [-0.39, 0.29) is 13.2 Å². The van der Waals surface area contributed by atoms with E-state index in [0.29, 0.717) is 12.6 Å². The highest BCUT2D eigenvalue weighted by molar-refractivity contribution is 5.28. The molecule has 0 saturated carbocycles. The molecule has 3 rings (SSSR count). The molecule has 1 atom stereocenters. The van der Waals surface area contributed by atoms with Crippen molar-refractivity contribution in [3.63, 3.8) is 0 Å². The van der Waals surface area contributed by atoms with Gasteiger partial charge in [-0.25, -0.2) is 0 Å². The Morgan fingerprint density at radius 3 is 2.71 bits per heavy atom. The van der Waals surface area contributed by atoms with Crippen LogP contribution < -0.4 is 4.74 Å². The first-order valence-electron chi connectivity index (χ1n) is 10.0. The molecule has 1 fully saturated rings. The van der Waals surface area contributed by atoms with Crippen molar-refractivity contribution in [2.24, 2.45) is 0 Å². The van der Waals surface area contributed by atoms with Crippen LogP contribution >= 0.6 is 0 Å². The minimum Gasteiger partial charge on any atom is -0.491 e. The number of aliphatic hydroxyl groups is 2. The van der Waals surface area contributed by atoms with Gasteiger partial charge in [-0.3, -0.25) is 14.8 Å².